The summed E-state index contributed by atoms with van der Waals surface area (Å²) in [6, 6.07) is 9.67. The van der Waals surface area contributed by atoms with Crippen LogP contribution in [-0.2, 0) is 23.0 Å². The highest BCUT2D eigenvalue weighted by atomic mass is 32.2. The molecule has 0 amide bonds. The van der Waals surface area contributed by atoms with Crippen LogP contribution in [0, 0.1) is 0 Å². The van der Waals surface area contributed by atoms with Crippen molar-refractivity contribution in [3.8, 4) is 0 Å². The lowest BCUT2D eigenvalue weighted by Crippen LogP contribution is -2.01. The van der Waals surface area contributed by atoms with E-state index in [1.165, 1.54) is 146 Å². The maximum atomic E-state index is 12.0. The summed E-state index contributed by atoms with van der Waals surface area (Å²) in [4.78, 5) is 0.0337. The van der Waals surface area contributed by atoms with Crippen molar-refractivity contribution < 1.29 is 13.0 Å². The molecular weight excluding hydrogens is 512 g/mol. The van der Waals surface area contributed by atoms with Gasteiger partial charge in [0, 0.05) is 5.39 Å². The Labute approximate surface area is 247 Å². The van der Waals surface area contributed by atoms with Crippen LogP contribution in [0.25, 0.3) is 10.8 Å². The van der Waals surface area contributed by atoms with Crippen LogP contribution in [0.5, 0.6) is 0 Å². The van der Waals surface area contributed by atoms with Crippen molar-refractivity contribution in [2.75, 3.05) is 0 Å². The zero-order chi connectivity index (χ0) is 28.9. The lowest BCUT2D eigenvalue weighted by Gasteiger charge is -2.12. The fourth-order valence-electron chi connectivity index (χ4n) is 6.00. The summed E-state index contributed by atoms with van der Waals surface area (Å²) in [6.07, 6.45) is 31.2. The molecule has 0 aliphatic rings. The molecule has 0 fully saturated rings. The molecule has 0 radical (unpaired) electrons. The van der Waals surface area contributed by atoms with E-state index >= 15 is 0 Å². The van der Waals surface area contributed by atoms with E-state index in [0.717, 1.165) is 24.6 Å². The molecule has 0 heterocycles. The van der Waals surface area contributed by atoms with E-state index in [2.05, 4.69) is 26.0 Å². The first kappa shape index (κ1) is 34.8. The van der Waals surface area contributed by atoms with Gasteiger partial charge in [0.25, 0.3) is 10.1 Å². The summed E-state index contributed by atoms with van der Waals surface area (Å²) >= 11 is 0. The third-order valence-electron chi connectivity index (χ3n) is 8.53. The van der Waals surface area contributed by atoms with Crippen LogP contribution in [0.15, 0.2) is 35.2 Å². The van der Waals surface area contributed by atoms with Crippen molar-refractivity contribution in [3.05, 3.63) is 41.5 Å². The largest absolute Gasteiger partial charge is 0.295 e. The van der Waals surface area contributed by atoms with Gasteiger partial charge in [-0.25, -0.2) is 0 Å². The molecule has 228 valence electrons. The minimum Gasteiger partial charge on any atom is -0.282 e. The fourth-order valence-corrected chi connectivity index (χ4v) is 6.70. The molecule has 1 N–H and O–H groups in total. The highest BCUT2D eigenvalue weighted by Gasteiger charge is 2.16. The Morgan fingerprint density at radius 3 is 1.38 bits per heavy atom. The van der Waals surface area contributed by atoms with Gasteiger partial charge in [-0.15, -0.1) is 0 Å². The lowest BCUT2D eigenvalue weighted by atomic mass is 9.95. The van der Waals surface area contributed by atoms with Gasteiger partial charge in [0.15, 0.2) is 0 Å². The van der Waals surface area contributed by atoms with Crippen LogP contribution in [0.4, 0.5) is 0 Å². The second-order valence-electron chi connectivity index (χ2n) is 12.1. The van der Waals surface area contributed by atoms with Gasteiger partial charge in [-0.2, -0.15) is 8.42 Å². The molecule has 0 unspecified atom stereocenters. The summed E-state index contributed by atoms with van der Waals surface area (Å²) < 4.78 is 33.9. The molecule has 0 aliphatic heterocycles. The maximum absolute atomic E-state index is 12.0. The first-order chi connectivity index (χ1) is 19.5. The van der Waals surface area contributed by atoms with Gasteiger partial charge in [-0.1, -0.05) is 167 Å². The Morgan fingerprint density at radius 1 is 0.500 bits per heavy atom. The minimum atomic E-state index is -4.24. The lowest BCUT2D eigenvalue weighted by molar-refractivity contribution is 0.484. The highest BCUT2D eigenvalue weighted by molar-refractivity contribution is 7.86. The summed E-state index contributed by atoms with van der Waals surface area (Å²) in [5.74, 6) is 0. The van der Waals surface area contributed by atoms with Crippen LogP contribution in [0.2, 0.25) is 0 Å². The minimum absolute atomic E-state index is 0.0337. The van der Waals surface area contributed by atoms with E-state index in [0.29, 0.717) is 5.39 Å². The molecule has 0 saturated heterocycles. The molecule has 2 aromatic rings. The normalized spacial score (nSPS) is 12.0. The summed E-state index contributed by atoms with van der Waals surface area (Å²) in [6.45, 7) is 4.54. The molecule has 0 saturated carbocycles. The van der Waals surface area contributed by atoms with Crippen molar-refractivity contribution >= 4 is 20.9 Å². The first-order valence-electron chi connectivity index (χ1n) is 17.0. The predicted molar refractivity (Wildman–Crippen MR) is 174 cm³/mol. The zero-order valence-electron chi connectivity index (χ0n) is 26.0. The monoisotopic (exact) mass is 572 g/mol. The van der Waals surface area contributed by atoms with Gasteiger partial charge < -0.3 is 0 Å². The number of rotatable bonds is 25. The number of hydrogen-bond acceptors (Lipinski definition) is 2. The number of fused-ring (bicyclic) bond motifs is 1. The second-order valence-corrected chi connectivity index (χ2v) is 13.5. The smallest absolute Gasteiger partial charge is 0.282 e. The van der Waals surface area contributed by atoms with Crippen molar-refractivity contribution in [2.45, 2.75) is 173 Å². The average Bonchev–Trinajstić information content (AvgIpc) is 2.94. The summed E-state index contributed by atoms with van der Waals surface area (Å²) in [5, 5.41) is 1.66. The number of aryl methyl sites for hydroxylation is 2. The SMILES string of the molecule is CCCCCCCCCCCCCc1ccc2c(S(=O)(=O)O)ccc(CCCCCCCCCCCCC)c2c1. The van der Waals surface area contributed by atoms with E-state index in [4.69, 9.17) is 0 Å². The Kier molecular flexibility index (Phi) is 18.6. The molecule has 2 aromatic carbocycles. The van der Waals surface area contributed by atoms with E-state index in [-0.39, 0.29) is 4.90 Å². The molecule has 0 bridgehead atoms. The van der Waals surface area contributed by atoms with Gasteiger partial charge in [0.2, 0.25) is 0 Å². The van der Waals surface area contributed by atoms with Crippen LogP contribution >= 0.6 is 0 Å². The Hall–Kier alpha value is -1.39. The Bertz CT molecular complexity index is 1030. The molecule has 0 spiro atoms. The van der Waals surface area contributed by atoms with Crippen molar-refractivity contribution in [3.63, 3.8) is 0 Å². The van der Waals surface area contributed by atoms with Crippen molar-refractivity contribution in [1.29, 1.82) is 0 Å². The molecule has 0 aromatic heterocycles. The standard InChI is InChI=1S/C36H60O3S/c1-3-5-7-9-11-13-15-17-19-21-23-25-32-27-29-34-35(31-32)33(28-30-36(34)40(37,38)39)26-24-22-20-18-16-14-12-10-8-6-4-2/h27-31H,3-26H2,1-2H3,(H,37,38,39). The van der Waals surface area contributed by atoms with Crippen molar-refractivity contribution in [2.24, 2.45) is 0 Å². The van der Waals surface area contributed by atoms with Crippen LogP contribution in [-0.4, -0.2) is 13.0 Å². The third-order valence-corrected chi connectivity index (χ3v) is 9.44. The van der Waals surface area contributed by atoms with E-state index < -0.39 is 10.1 Å². The molecule has 4 heteroatoms. The van der Waals surface area contributed by atoms with E-state index in [9.17, 15) is 13.0 Å². The number of unbranched alkanes of at least 4 members (excludes halogenated alkanes) is 20. The molecular formula is C36H60O3S. The quantitative estimate of drug-likeness (QED) is 0.0950. The van der Waals surface area contributed by atoms with Gasteiger partial charge in [-0.05, 0) is 48.3 Å². The highest BCUT2D eigenvalue weighted by Crippen LogP contribution is 2.29. The molecule has 0 aliphatic carbocycles. The van der Waals surface area contributed by atoms with Crippen LogP contribution < -0.4 is 0 Å². The molecule has 40 heavy (non-hydrogen) atoms. The van der Waals surface area contributed by atoms with Gasteiger partial charge in [0.05, 0.1) is 0 Å². The molecule has 2 rings (SSSR count). The first-order valence-corrected chi connectivity index (χ1v) is 18.4. The van der Waals surface area contributed by atoms with E-state index in [1.54, 1.807) is 6.07 Å². The van der Waals surface area contributed by atoms with Gasteiger partial charge in [-0.3, -0.25) is 4.55 Å². The average molecular weight is 573 g/mol. The van der Waals surface area contributed by atoms with Crippen LogP contribution in [0.3, 0.4) is 0 Å². The predicted octanol–water partition coefficient (Wildman–Crippen LogP) is 11.8. The Balaban J connectivity index is 1.79. The van der Waals surface area contributed by atoms with E-state index in [1.807, 2.05) is 12.1 Å². The van der Waals surface area contributed by atoms with Gasteiger partial charge in [0.1, 0.15) is 4.90 Å². The maximum Gasteiger partial charge on any atom is 0.295 e. The number of benzene rings is 2. The molecule has 3 nitrogen and oxygen atoms in total. The topological polar surface area (TPSA) is 54.4 Å². The fraction of sp³-hybridized carbons (Fsp3) is 0.722. The number of hydrogen-bond donors (Lipinski definition) is 1. The summed E-state index contributed by atoms with van der Waals surface area (Å²) in [7, 11) is -4.24. The zero-order valence-corrected chi connectivity index (χ0v) is 26.8. The van der Waals surface area contributed by atoms with Crippen LogP contribution in [0.1, 0.15) is 166 Å². The second kappa shape index (κ2) is 21.3. The third kappa shape index (κ3) is 14.5. The summed E-state index contributed by atoms with van der Waals surface area (Å²) in [5.41, 5.74) is 2.48. The van der Waals surface area contributed by atoms with Crippen molar-refractivity contribution in [1.82, 2.24) is 0 Å². The Morgan fingerprint density at radius 2 is 0.925 bits per heavy atom. The molecule has 0 atom stereocenters. The van der Waals surface area contributed by atoms with Gasteiger partial charge >= 0.3 is 0 Å².